The van der Waals surface area contributed by atoms with E-state index in [0.717, 1.165) is 26.2 Å². The molecule has 7 nitrogen and oxygen atoms in total. The number of carbonyl (C=O) groups is 1. The highest BCUT2D eigenvalue weighted by Crippen LogP contribution is 2.59. The minimum Gasteiger partial charge on any atom is -0.493 e. The van der Waals surface area contributed by atoms with Gasteiger partial charge in [0.1, 0.15) is 23.0 Å². The van der Waals surface area contributed by atoms with Crippen LogP contribution in [-0.4, -0.2) is 39.7 Å². The van der Waals surface area contributed by atoms with Crippen LogP contribution in [-0.2, 0) is 4.74 Å². The van der Waals surface area contributed by atoms with Crippen LogP contribution in [0.4, 0.5) is 26.3 Å². The predicted molar refractivity (Wildman–Crippen MR) is 105 cm³/mol. The zero-order valence-electron chi connectivity index (χ0n) is 17.9. The molecule has 2 aromatic heterocycles. The van der Waals surface area contributed by atoms with Gasteiger partial charge in [-0.2, -0.15) is 17.6 Å². The first-order valence-electron chi connectivity index (χ1n) is 9.92. The number of methoxy groups -OCH3 is 1. The van der Waals surface area contributed by atoms with Crippen molar-refractivity contribution in [1.29, 1.82) is 0 Å². The summed E-state index contributed by atoms with van der Waals surface area (Å²) in [7, 11) is 1.04. The van der Waals surface area contributed by atoms with Gasteiger partial charge in [0.05, 0.1) is 13.3 Å². The molecule has 0 saturated carbocycles. The van der Waals surface area contributed by atoms with Crippen LogP contribution >= 0.6 is 0 Å². The minimum atomic E-state index is -4.87. The molecule has 1 amide bonds. The lowest BCUT2D eigenvalue weighted by molar-refractivity contribution is -0.275. The van der Waals surface area contributed by atoms with Gasteiger partial charge in [-0.25, -0.2) is 18.7 Å². The van der Waals surface area contributed by atoms with Gasteiger partial charge in [-0.05, 0) is 13.0 Å². The molecule has 1 aromatic carbocycles. The van der Waals surface area contributed by atoms with Gasteiger partial charge in [-0.1, -0.05) is 13.0 Å². The number of carbonyl (C=O) groups excluding carboxylic acids is 1. The fourth-order valence-corrected chi connectivity index (χ4v) is 4.35. The number of alkyl halides is 3. The normalized spacial score (nSPS) is 25.1. The second-order valence-electron chi connectivity index (χ2n) is 8.11. The summed E-state index contributed by atoms with van der Waals surface area (Å²) in [5.41, 5.74) is 1.37. The molecule has 3 aromatic rings. The molecule has 3 heterocycles. The number of rotatable bonds is 4. The number of H-pyrrole nitrogens is 1. The molecule has 0 bridgehead atoms. The molecule has 0 aliphatic carbocycles. The number of nitrogens with zero attached hydrogens (tertiary/aromatic N) is 2. The Kier molecular flexibility index (Phi) is 5.50. The first-order valence-corrected chi connectivity index (χ1v) is 9.92. The van der Waals surface area contributed by atoms with E-state index in [-0.39, 0.29) is 22.6 Å². The number of aromatic nitrogens is 3. The number of fused-ring (bicyclic) bond motifs is 1. The summed E-state index contributed by atoms with van der Waals surface area (Å²) in [5, 5.41) is 0. The number of hydrogen-bond acceptors (Lipinski definition) is 5. The summed E-state index contributed by atoms with van der Waals surface area (Å²) < 4.78 is 95.3. The van der Waals surface area contributed by atoms with Crippen LogP contribution in [0.5, 0.6) is 5.75 Å². The molecule has 1 aliphatic rings. The summed E-state index contributed by atoms with van der Waals surface area (Å²) in [6.45, 7) is 2.05. The topological polar surface area (TPSA) is 103 Å². The number of primary amides is 1. The molecule has 1 fully saturated rings. The molecule has 0 spiro atoms. The Morgan fingerprint density at radius 1 is 1.24 bits per heavy atom. The fraction of sp³-hybridized carbons (Fsp3) is 0.381. The molecular formula is C21H18F6N4O3. The zero-order chi connectivity index (χ0) is 25.2. The van der Waals surface area contributed by atoms with E-state index in [9.17, 15) is 31.1 Å². The third kappa shape index (κ3) is 3.37. The lowest BCUT2D eigenvalue weighted by Crippen LogP contribution is -2.46. The standard InChI is InChI=1S/C21H18F6N4O3/c1-7-11(8-4-5-9(22)12(24)16(8)33-3)17(34-20(7,2)21(25,26)27)19-30-13-10(23)6-29-15(18(28)32)14(13)31-19/h4-7,11,17H,1-3H3,(H2,28,32)(H,30,31)/t7-,11-,17+,20+/m0/s1. The van der Waals surface area contributed by atoms with Crippen LogP contribution in [0.2, 0.25) is 0 Å². The lowest BCUT2D eigenvalue weighted by atomic mass is 9.77. The fourth-order valence-electron chi connectivity index (χ4n) is 4.35. The van der Waals surface area contributed by atoms with Crippen LogP contribution in [0, 0.1) is 23.4 Å². The summed E-state index contributed by atoms with van der Waals surface area (Å²) in [6.07, 6.45) is -5.73. The van der Waals surface area contributed by atoms with Crippen molar-refractivity contribution < 1.29 is 40.6 Å². The SMILES string of the molecule is COc1c([C@H]2[C@H](c3nc4c(F)cnc(C(N)=O)c4[nH]3)O[C@@](C)(C(F)(F)F)[C@H]2C)ccc(F)c1F. The van der Waals surface area contributed by atoms with Gasteiger partial charge >= 0.3 is 6.18 Å². The number of pyridine rings is 1. The Labute approximate surface area is 188 Å². The van der Waals surface area contributed by atoms with E-state index in [1.165, 1.54) is 6.92 Å². The summed E-state index contributed by atoms with van der Waals surface area (Å²) in [5.74, 6) is -8.16. The van der Waals surface area contributed by atoms with Gasteiger partial charge in [0, 0.05) is 17.4 Å². The smallest absolute Gasteiger partial charge is 0.417 e. The molecule has 1 saturated heterocycles. The summed E-state index contributed by atoms with van der Waals surface area (Å²) >= 11 is 0. The molecular weight excluding hydrogens is 470 g/mol. The third-order valence-corrected chi connectivity index (χ3v) is 6.31. The molecule has 182 valence electrons. The largest absolute Gasteiger partial charge is 0.493 e. The van der Waals surface area contributed by atoms with Crippen molar-refractivity contribution in [2.24, 2.45) is 11.7 Å². The van der Waals surface area contributed by atoms with Crippen molar-refractivity contribution in [3.63, 3.8) is 0 Å². The van der Waals surface area contributed by atoms with Crippen molar-refractivity contribution in [1.82, 2.24) is 15.0 Å². The number of nitrogens with two attached hydrogens (primary N) is 1. The molecule has 0 radical (unpaired) electrons. The number of ether oxygens (including phenoxy) is 2. The van der Waals surface area contributed by atoms with E-state index in [0.29, 0.717) is 6.20 Å². The Morgan fingerprint density at radius 3 is 2.50 bits per heavy atom. The van der Waals surface area contributed by atoms with E-state index in [1.807, 2.05) is 0 Å². The highest BCUT2D eigenvalue weighted by atomic mass is 19.4. The van der Waals surface area contributed by atoms with Gasteiger partial charge < -0.3 is 20.2 Å². The number of benzene rings is 1. The van der Waals surface area contributed by atoms with E-state index in [1.54, 1.807) is 0 Å². The van der Waals surface area contributed by atoms with Crippen LogP contribution in [0.1, 0.15) is 47.7 Å². The van der Waals surface area contributed by atoms with Crippen LogP contribution < -0.4 is 10.5 Å². The second-order valence-corrected chi connectivity index (χ2v) is 8.11. The minimum absolute atomic E-state index is 0.110. The Morgan fingerprint density at radius 2 is 1.91 bits per heavy atom. The average Bonchev–Trinajstić information content (AvgIpc) is 3.31. The van der Waals surface area contributed by atoms with E-state index in [4.69, 9.17) is 15.2 Å². The van der Waals surface area contributed by atoms with Gasteiger partial charge in [0.2, 0.25) is 5.82 Å². The Hall–Kier alpha value is -3.35. The van der Waals surface area contributed by atoms with Crippen molar-refractivity contribution in [2.45, 2.75) is 37.6 Å². The zero-order valence-corrected chi connectivity index (χ0v) is 17.9. The maximum atomic E-state index is 14.5. The lowest BCUT2D eigenvalue weighted by Gasteiger charge is -2.32. The van der Waals surface area contributed by atoms with E-state index >= 15 is 0 Å². The highest BCUT2D eigenvalue weighted by Gasteiger charge is 2.65. The highest BCUT2D eigenvalue weighted by molar-refractivity contribution is 6.02. The second kappa shape index (κ2) is 7.86. The van der Waals surface area contributed by atoms with Crippen molar-refractivity contribution in [3.05, 3.63) is 52.9 Å². The van der Waals surface area contributed by atoms with Crippen LogP contribution in [0.25, 0.3) is 11.0 Å². The number of hydrogen-bond donors (Lipinski definition) is 2. The number of aromatic amines is 1. The molecule has 1 aliphatic heterocycles. The summed E-state index contributed by atoms with van der Waals surface area (Å²) in [4.78, 5) is 21.9. The predicted octanol–water partition coefficient (Wildman–Crippen LogP) is 4.29. The average molecular weight is 488 g/mol. The maximum absolute atomic E-state index is 14.5. The van der Waals surface area contributed by atoms with Gasteiger partial charge in [-0.3, -0.25) is 4.79 Å². The molecule has 34 heavy (non-hydrogen) atoms. The first kappa shape index (κ1) is 23.8. The number of nitrogens with one attached hydrogen (secondary N) is 1. The van der Waals surface area contributed by atoms with Crippen LogP contribution in [0.15, 0.2) is 18.3 Å². The number of imidazole rings is 1. The van der Waals surface area contributed by atoms with Gasteiger partial charge in [-0.15, -0.1) is 0 Å². The van der Waals surface area contributed by atoms with Crippen molar-refractivity contribution >= 4 is 16.9 Å². The molecule has 4 rings (SSSR count). The monoisotopic (exact) mass is 488 g/mol. The van der Waals surface area contributed by atoms with Crippen molar-refractivity contribution in [3.8, 4) is 5.75 Å². The Balaban J connectivity index is 1.97. The number of halogens is 6. The molecule has 3 N–H and O–H groups in total. The molecule has 0 unspecified atom stereocenters. The quantitative estimate of drug-likeness (QED) is 0.534. The van der Waals surface area contributed by atoms with Crippen molar-refractivity contribution in [2.75, 3.05) is 7.11 Å². The number of amides is 1. The van der Waals surface area contributed by atoms with E-state index < -0.39 is 64.3 Å². The Bertz CT molecular complexity index is 1290. The summed E-state index contributed by atoms with van der Waals surface area (Å²) in [6, 6.07) is 1.85. The van der Waals surface area contributed by atoms with Gasteiger partial charge in [0.15, 0.2) is 28.7 Å². The maximum Gasteiger partial charge on any atom is 0.417 e. The third-order valence-electron chi connectivity index (χ3n) is 6.31. The van der Waals surface area contributed by atoms with Gasteiger partial charge in [0.25, 0.3) is 5.91 Å². The van der Waals surface area contributed by atoms with Crippen LogP contribution in [0.3, 0.4) is 0 Å². The molecule has 13 heteroatoms. The van der Waals surface area contributed by atoms with E-state index in [2.05, 4.69) is 15.0 Å². The first-order chi connectivity index (χ1) is 15.8. The molecule has 4 atom stereocenters.